The van der Waals surface area contributed by atoms with Crippen LogP contribution in [0.25, 0.3) is 0 Å². The molecule has 1 aliphatic carbocycles. The Morgan fingerprint density at radius 2 is 2.17 bits per heavy atom. The summed E-state index contributed by atoms with van der Waals surface area (Å²) in [5.41, 5.74) is 1.93. The Hall–Kier alpha value is -1.35. The van der Waals surface area contributed by atoms with Gasteiger partial charge in [0.25, 0.3) is 0 Å². The van der Waals surface area contributed by atoms with Crippen LogP contribution in [0, 0.1) is 0 Å². The SMILES string of the molecule is CC(=O)c1ccccc1N1CCOC2CCCC21. The lowest BCUT2D eigenvalue weighted by Gasteiger charge is -2.40. The van der Waals surface area contributed by atoms with Gasteiger partial charge in [-0.15, -0.1) is 0 Å². The van der Waals surface area contributed by atoms with Crippen LogP contribution in [0.4, 0.5) is 5.69 Å². The summed E-state index contributed by atoms with van der Waals surface area (Å²) in [5, 5.41) is 0. The highest BCUT2D eigenvalue weighted by Gasteiger charge is 2.36. The van der Waals surface area contributed by atoms with Crippen LogP contribution in [-0.2, 0) is 4.74 Å². The number of hydrogen-bond donors (Lipinski definition) is 0. The standard InChI is InChI=1S/C15H19NO2/c1-11(17)12-5-2-3-6-13(12)16-9-10-18-15-8-4-7-14(15)16/h2-3,5-6,14-15H,4,7-10H2,1H3. The molecule has 2 unspecified atom stereocenters. The van der Waals surface area contributed by atoms with E-state index in [-0.39, 0.29) is 5.78 Å². The molecule has 1 aromatic carbocycles. The minimum Gasteiger partial charge on any atom is -0.374 e. The smallest absolute Gasteiger partial charge is 0.161 e. The Labute approximate surface area is 108 Å². The summed E-state index contributed by atoms with van der Waals surface area (Å²) < 4.78 is 5.83. The first-order valence-corrected chi connectivity index (χ1v) is 6.75. The predicted octanol–water partition coefficient (Wildman–Crippen LogP) is 2.65. The van der Waals surface area contributed by atoms with Crippen LogP contribution in [0.5, 0.6) is 0 Å². The van der Waals surface area contributed by atoms with Gasteiger partial charge in [0.05, 0.1) is 18.8 Å². The van der Waals surface area contributed by atoms with Crippen molar-refractivity contribution in [1.82, 2.24) is 0 Å². The number of carbonyl (C=O) groups excluding carboxylic acids is 1. The van der Waals surface area contributed by atoms with Crippen LogP contribution in [0.2, 0.25) is 0 Å². The quantitative estimate of drug-likeness (QED) is 0.750. The van der Waals surface area contributed by atoms with E-state index < -0.39 is 0 Å². The van der Waals surface area contributed by atoms with E-state index in [1.165, 1.54) is 12.8 Å². The van der Waals surface area contributed by atoms with Crippen molar-refractivity contribution in [1.29, 1.82) is 0 Å². The summed E-state index contributed by atoms with van der Waals surface area (Å²) in [6.45, 7) is 3.31. The number of fused-ring (bicyclic) bond motifs is 1. The Kier molecular flexibility index (Phi) is 3.08. The summed E-state index contributed by atoms with van der Waals surface area (Å²) in [6.07, 6.45) is 3.92. The average molecular weight is 245 g/mol. The molecule has 3 heteroatoms. The average Bonchev–Trinajstić information content (AvgIpc) is 2.86. The molecule has 3 nitrogen and oxygen atoms in total. The number of rotatable bonds is 2. The molecule has 18 heavy (non-hydrogen) atoms. The van der Waals surface area contributed by atoms with Gasteiger partial charge in [-0.2, -0.15) is 0 Å². The summed E-state index contributed by atoms with van der Waals surface area (Å²) in [4.78, 5) is 14.1. The first-order valence-electron chi connectivity index (χ1n) is 6.75. The summed E-state index contributed by atoms with van der Waals surface area (Å²) in [5.74, 6) is 0.145. The highest BCUT2D eigenvalue weighted by atomic mass is 16.5. The molecule has 0 N–H and O–H groups in total. The number of carbonyl (C=O) groups is 1. The molecule has 0 amide bonds. The van der Waals surface area contributed by atoms with E-state index in [0.717, 1.165) is 30.8 Å². The van der Waals surface area contributed by atoms with Crippen molar-refractivity contribution < 1.29 is 9.53 Å². The van der Waals surface area contributed by atoms with Crippen LogP contribution in [-0.4, -0.2) is 31.1 Å². The van der Waals surface area contributed by atoms with E-state index in [0.29, 0.717) is 12.1 Å². The monoisotopic (exact) mass is 245 g/mol. The van der Waals surface area contributed by atoms with E-state index in [4.69, 9.17) is 4.74 Å². The lowest BCUT2D eigenvalue weighted by atomic mass is 10.0. The summed E-state index contributed by atoms with van der Waals surface area (Å²) >= 11 is 0. The fourth-order valence-electron chi connectivity index (χ4n) is 3.25. The molecule has 0 radical (unpaired) electrons. The first-order chi connectivity index (χ1) is 8.77. The van der Waals surface area contributed by atoms with E-state index in [2.05, 4.69) is 11.0 Å². The number of benzene rings is 1. The molecule has 2 fully saturated rings. The second-order valence-corrected chi connectivity index (χ2v) is 5.17. The minimum atomic E-state index is 0.145. The third-order valence-electron chi connectivity index (χ3n) is 4.07. The molecule has 1 saturated carbocycles. The van der Waals surface area contributed by atoms with Gasteiger partial charge >= 0.3 is 0 Å². The van der Waals surface area contributed by atoms with Crippen LogP contribution in [0.1, 0.15) is 36.5 Å². The summed E-state index contributed by atoms with van der Waals surface area (Å²) in [6, 6.07) is 8.40. The topological polar surface area (TPSA) is 29.5 Å². The largest absolute Gasteiger partial charge is 0.374 e. The number of Topliss-reactive ketones (excluding diaryl/α,β-unsaturated/α-hetero) is 1. The predicted molar refractivity (Wildman–Crippen MR) is 71.2 cm³/mol. The van der Waals surface area contributed by atoms with Crippen molar-refractivity contribution in [2.24, 2.45) is 0 Å². The van der Waals surface area contributed by atoms with Gasteiger partial charge in [-0.1, -0.05) is 12.1 Å². The molecule has 1 saturated heterocycles. The van der Waals surface area contributed by atoms with E-state index in [9.17, 15) is 4.79 Å². The third-order valence-corrected chi connectivity index (χ3v) is 4.07. The lowest BCUT2D eigenvalue weighted by molar-refractivity contribution is 0.0255. The normalized spacial score (nSPS) is 27.1. The molecule has 3 rings (SSSR count). The molecule has 1 aromatic rings. The van der Waals surface area contributed by atoms with E-state index in [1.54, 1.807) is 6.92 Å². The Morgan fingerprint density at radius 1 is 1.33 bits per heavy atom. The van der Waals surface area contributed by atoms with Crippen molar-refractivity contribution in [3.8, 4) is 0 Å². The van der Waals surface area contributed by atoms with Gasteiger partial charge in [-0.05, 0) is 38.3 Å². The molecule has 2 atom stereocenters. The van der Waals surface area contributed by atoms with Gasteiger partial charge in [0.1, 0.15) is 0 Å². The molecule has 1 aliphatic heterocycles. The van der Waals surface area contributed by atoms with Crippen LogP contribution in [0.3, 0.4) is 0 Å². The number of ether oxygens (including phenoxy) is 1. The lowest BCUT2D eigenvalue weighted by Crippen LogP contribution is -2.49. The zero-order valence-corrected chi connectivity index (χ0v) is 10.8. The number of anilines is 1. The highest BCUT2D eigenvalue weighted by molar-refractivity contribution is 5.99. The van der Waals surface area contributed by atoms with Crippen molar-refractivity contribution in [2.75, 3.05) is 18.1 Å². The zero-order valence-electron chi connectivity index (χ0n) is 10.8. The number of para-hydroxylation sites is 1. The van der Waals surface area contributed by atoms with Crippen molar-refractivity contribution >= 4 is 11.5 Å². The Balaban J connectivity index is 1.96. The summed E-state index contributed by atoms with van der Waals surface area (Å²) in [7, 11) is 0. The minimum absolute atomic E-state index is 0.145. The number of ketones is 1. The Bertz CT molecular complexity index is 458. The molecule has 0 spiro atoms. The number of morpholine rings is 1. The molecular weight excluding hydrogens is 226 g/mol. The van der Waals surface area contributed by atoms with Gasteiger partial charge in [0, 0.05) is 17.8 Å². The van der Waals surface area contributed by atoms with Gasteiger partial charge in [0.2, 0.25) is 0 Å². The maximum atomic E-state index is 11.7. The third kappa shape index (κ3) is 1.93. The van der Waals surface area contributed by atoms with Crippen molar-refractivity contribution in [3.63, 3.8) is 0 Å². The van der Waals surface area contributed by atoms with Crippen molar-refractivity contribution in [2.45, 2.75) is 38.3 Å². The van der Waals surface area contributed by atoms with Gasteiger partial charge < -0.3 is 9.64 Å². The van der Waals surface area contributed by atoms with Crippen molar-refractivity contribution in [3.05, 3.63) is 29.8 Å². The Morgan fingerprint density at radius 3 is 3.00 bits per heavy atom. The fraction of sp³-hybridized carbons (Fsp3) is 0.533. The van der Waals surface area contributed by atoms with Gasteiger partial charge in [0.15, 0.2) is 5.78 Å². The highest BCUT2D eigenvalue weighted by Crippen LogP contribution is 2.34. The van der Waals surface area contributed by atoms with Gasteiger partial charge in [-0.25, -0.2) is 0 Å². The van der Waals surface area contributed by atoms with Crippen LogP contribution >= 0.6 is 0 Å². The number of hydrogen-bond acceptors (Lipinski definition) is 3. The van der Waals surface area contributed by atoms with Crippen LogP contribution < -0.4 is 4.90 Å². The molecule has 0 aromatic heterocycles. The maximum absolute atomic E-state index is 11.7. The maximum Gasteiger partial charge on any atom is 0.161 e. The second kappa shape index (κ2) is 4.73. The second-order valence-electron chi connectivity index (χ2n) is 5.17. The molecular formula is C15H19NO2. The fourth-order valence-corrected chi connectivity index (χ4v) is 3.25. The molecule has 1 heterocycles. The molecule has 2 aliphatic rings. The van der Waals surface area contributed by atoms with E-state index in [1.807, 2.05) is 18.2 Å². The van der Waals surface area contributed by atoms with E-state index >= 15 is 0 Å². The first kappa shape index (κ1) is 11.7. The molecule has 0 bridgehead atoms. The van der Waals surface area contributed by atoms with Gasteiger partial charge in [-0.3, -0.25) is 4.79 Å². The zero-order chi connectivity index (χ0) is 12.5. The number of nitrogens with zero attached hydrogens (tertiary/aromatic N) is 1. The van der Waals surface area contributed by atoms with Crippen LogP contribution in [0.15, 0.2) is 24.3 Å². The molecule has 96 valence electrons.